The van der Waals surface area contributed by atoms with Gasteiger partial charge in [-0.25, -0.2) is 13.8 Å². The molecule has 0 aliphatic rings. The lowest BCUT2D eigenvalue weighted by molar-refractivity contribution is 0.544. The molecule has 2 aromatic heterocycles. The molecule has 114 valence electrons. The highest BCUT2D eigenvalue weighted by Crippen LogP contribution is 2.29. The molecule has 1 unspecified atom stereocenters. The molecule has 22 heavy (non-hydrogen) atoms. The maximum Gasteiger partial charge on any atom is 0.261 e. The van der Waals surface area contributed by atoms with E-state index in [9.17, 15) is 13.6 Å². The third-order valence-electron chi connectivity index (χ3n) is 3.85. The average molecular weight is 320 g/mol. The van der Waals surface area contributed by atoms with Crippen molar-refractivity contribution in [2.75, 3.05) is 0 Å². The van der Waals surface area contributed by atoms with Gasteiger partial charge in [-0.1, -0.05) is 13.0 Å². The van der Waals surface area contributed by atoms with E-state index in [1.54, 1.807) is 13.8 Å². The van der Waals surface area contributed by atoms with Crippen LogP contribution in [-0.4, -0.2) is 9.38 Å². The molecule has 0 saturated carbocycles. The molecule has 0 N–H and O–H groups in total. The van der Waals surface area contributed by atoms with Crippen LogP contribution in [0.1, 0.15) is 35.4 Å². The Bertz CT molecular complexity index is 910. The fraction of sp³-hybridized carbons (Fsp3) is 0.250. The molecule has 0 saturated heterocycles. The molecule has 3 aromatic rings. The summed E-state index contributed by atoms with van der Waals surface area (Å²) in [4.78, 5) is 17.5. The largest absolute Gasteiger partial charge is 0.269 e. The van der Waals surface area contributed by atoms with Crippen molar-refractivity contribution in [3.63, 3.8) is 0 Å². The van der Waals surface area contributed by atoms with Gasteiger partial charge in [-0.15, -0.1) is 11.3 Å². The SMILES string of the molecule is Cc1c(C(C)c2c(F)cccc2F)nc2scc(C)n2c1=O. The van der Waals surface area contributed by atoms with E-state index < -0.39 is 17.6 Å². The number of nitrogens with zero attached hydrogens (tertiary/aromatic N) is 2. The lowest BCUT2D eigenvalue weighted by atomic mass is 9.94. The second-order valence-corrected chi connectivity index (χ2v) is 6.12. The average Bonchev–Trinajstić information content (AvgIpc) is 2.84. The molecule has 3 rings (SSSR count). The second-order valence-electron chi connectivity index (χ2n) is 5.28. The smallest absolute Gasteiger partial charge is 0.261 e. The minimum Gasteiger partial charge on any atom is -0.269 e. The quantitative estimate of drug-likeness (QED) is 0.720. The minimum atomic E-state index is -0.638. The Labute approximate surface area is 129 Å². The topological polar surface area (TPSA) is 34.4 Å². The van der Waals surface area contributed by atoms with E-state index in [1.165, 1.54) is 33.9 Å². The van der Waals surface area contributed by atoms with Gasteiger partial charge < -0.3 is 0 Å². The van der Waals surface area contributed by atoms with Crippen LogP contribution in [0.4, 0.5) is 8.78 Å². The molecule has 3 nitrogen and oxygen atoms in total. The van der Waals surface area contributed by atoms with Crippen LogP contribution in [-0.2, 0) is 0 Å². The first-order valence-electron chi connectivity index (χ1n) is 6.83. The van der Waals surface area contributed by atoms with Gasteiger partial charge in [0.25, 0.3) is 5.56 Å². The lowest BCUT2D eigenvalue weighted by Crippen LogP contribution is -2.21. The van der Waals surface area contributed by atoms with Crippen LogP contribution in [0.25, 0.3) is 4.96 Å². The minimum absolute atomic E-state index is 0.0601. The van der Waals surface area contributed by atoms with Crippen molar-refractivity contribution in [2.24, 2.45) is 0 Å². The molecular weight excluding hydrogens is 306 g/mol. The van der Waals surface area contributed by atoms with Crippen LogP contribution >= 0.6 is 11.3 Å². The normalized spacial score (nSPS) is 12.8. The van der Waals surface area contributed by atoms with Crippen LogP contribution in [0, 0.1) is 25.5 Å². The highest BCUT2D eigenvalue weighted by Gasteiger charge is 2.23. The molecule has 0 radical (unpaired) electrons. The Morgan fingerprint density at radius 1 is 1.23 bits per heavy atom. The predicted molar refractivity (Wildman–Crippen MR) is 82.7 cm³/mol. The number of aryl methyl sites for hydroxylation is 1. The first-order chi connectivity index (χ1) is 10.4. The van der Waals surface area contributed by atoms with Gasteiger partial charge in [0.15, 0.2) is 4.96 Å². The number of halogens is 2. The van der Waals surface area contributed by atoms with E-state index in [0.717, 1.165) is 5.69 Å². The third kappa shape index (κ3) is 2.14. The summed E-state index contributed by atoms with van der Waals surface area (Å²) in [6.45, 7) is 5.13. The Kier molecular flexibility index (Phi) is 3.56. The summed E-state index contributed by atoms with van der Waals surface area (Å²) < 4.78 is 29.5. The van der Waals surface area contributed by atoms with Gasteiger partial charge in [-0.2, -0.15) is 0 Å². The molecule has 1 atom stereocenters. The summed E-state index contributed by atoms with van der Waals surface area (Å²) >= 11 is 1.34. The summed E-state index contributed by atoms with van der Waals surface area (Å²) in [6, 6.07) is 3.75. The van der Waals surface area contributed by atoms with Gasteiger partial charge in [0.05, 0.1) is 5.69 Å². The molecule has 0 bridgehead atoms. The maximum absolute atomic E-state index is 14.0. The number of rotatable bonds is 2. The van der Waals surface area contributed by atoms with Gasteiger partial charge in [-0.3, -0.25) is 9.20 Å². The van der Waals surface area contributed by atoms with Crippen LogP contribution in [0.5, 0.6) is 0 Å². The van der Waals surface area contributed by atoms with E-state index in [4.69, 9.17) is 0 Å². The highest BCUT2D eigenvalue weighted by molar-refractivity contribution is 7.15. The van der Waals surface area contributed by atoms with Crippen LogP contribution in [0.3, 0.4) is 0 Å². The second kappa shape index (κ2) is 5.28. The third-order valence-corrected chi connectivity index (χ3v) is 4.79. The molecular formula is C16H14F2N2OS. The molecule has 2 heterocycles. The first kappa shape index (κ1) is 14.8. The number of thiazole rings is 1. The molecule has 0 spiro atoms. The summed E-state index contributed by atoms with van der Waals surface area (Å²) in [5.41, 5.74) is 1.37. The number of hydrogen-bond acceptors (Lipinski definition) is 3. The zero-order chi connectivity index (χ0) is 16.0. The highest BCUT2D eigenvalue weighted by atomic mass is 32.1. The van der Waals surface area contributed by atoms with Gasteiger partial charge in [-0.05, 0) is 26.0 Å². The summed E-state index contributed by atoms with van der Waals surface area (Å²) in [5, 5.41) is 1.83. The molecule has 0 fully saturated rings. The zero-order valence-electron chi connectivity index (χ0n) is 12.4. The molecule has 0 aliphatic carbocycles. The molecule has 0 aliphatic heterocycles. The Balaban J connectivity index is 2.26. The fourth-order valence-corrected chi connectivity index (χ4v) is 3.53. The van der Waals surface area contributed by atoms with Gasteiger partial charge in [0.2, 0.25) is 0 Å². The number of fused-ring (bicyclic) bond motifs is 1. The number of aromatic nitrogens is 2. The summed E-state index contributed by atoms with van der Waals surface area (Å²) in [6.07, 6.45) is 0. The van der Waals surface area contributed by atoms with E-state index in [2.05, 4.69) is 4.98 Å². The first-order valence-corrected chi connectivity index (χ1v) is 7.71. The van der Waals surface area contributed by atoms with Crippen molar-refractivity contribution in [2.45, 2.75) is 26.7 Å². The van der Waals surface area contributed by atoms with E-state index in [0.29, 0.717) is 16.2 Å². The van der Waals surface area contributed by atoms with Crippen molar-refractivity contribution in [1.29, 1.82) is 0 Å². The van der Waals surface area contributed by atoms with Crippen molar-refractivity contribution in [3.05, 3.63) is 68.1 Å². The van der Waals surface area contributed by atoms with Crippen LogP contribution in [0.2, 0.25) is 0 Å². The monoisotopic (exact) mass is 320 g/mol. The van der Waals surface area contributed by atoms with Crippen LogP contribution < -0.4 is 5.56 Å². The van der Waals surface area contributed by atoms with Gasteiger partial charge >= 0.3 is 0 Å². The van der Waals surface area contributed by atoms with E-state index in [1.807, 2.05) is 12.3 Å². The van der Waals surface area contributed by atoms with E-state index in [-0.39, 0.29) is 11.1 Å². The number of benzene rings is 1. The molecule has 6 heteroatoms. The Morgan fingerprint density at radius 3 is 2.50 bits per heavy atom. The van der Waals surface area contributed by atoms with Crippen molar-refractivity contribution < 1.29 is 8.78 Å². The summed E-state index contributed by atoms with van der Waals surface area (Å²) in [5.74, 6) is -1.89. The van der Waals surface area contributed by atoms with E-state index >= 15 is 0 Å². The van der Waals surface area contributed by atoms with Crippen molar-refractivity contribution >= 4 is 16.3 Å². The van der Waals surface area contributed by atoms with Crippen molar-refractivity contribution in [1.82, 2.24) is 9.38 Å². The van der Waals surface area contributed by atoms with Crippen LogP contribution in [0.15, 0.2) is 28.4 Å². The summed E-state index contributed by atoms with van der Waals surface area (Å²) in [7, 11) is 0. The standard InChI is InChI=1S/C16H14F2N2OS/c1-8-7-22-16-19-14(10(3)15(21)20(8)16)9(2)13-11(17)5-4-6-12(13)18/h4-7,9H,1-3H3. The number of hydrogen-bond donors (Lipinski definition) is 0. The maximum atomic E-state index is 14.0. The lowest BCUT2D eigenvalue weighted by Gasteiger charge is -2.15. The van der Waals surface area contributed by atoms with Crippen molar-refractivity contribution in [3.8, 4) is 0 Å². The van der Waals surface area contributed by atoms with Gasteiger partial charge in [0.1, 0.15) is 11.6 Å². The predicted octanol–water partition coefficient (Wildman–Crippen LogP) is 3.80. The van der Waals surface area contributed by atoms with Gasteiger partial charge in [0, 0.05) is 28.1 Å². The fourth-order valence-electron chi connectivity index (χ4n) is 2.66. The molecule has 1 aromatic carbocycles. The zero-order valence-corrected chi connectivity index (χ0v) is 13.2. The Morgan fingerprint density at radius 2 is 1.86 bits per heavy atom. The Hall–Kier alpha value is -2.08. The molecule has 0 amide bonds.